The number of thiophene rings is 1. The zero-order valence-corrected chi connectivity index (χ0v) is 9.96. The van der Waals surface area contributed by atoms with Crippen LogP contribution in [0.2, 0.25) is 0 Å². The summed E-state index contributed by atoms with van der Waals surface area (Å²) in [6, 6.07) is 3.45. The Morgan fingerprint density at radius 3 is 3.07 bits per heavy atom. The fourth-order valence-electron chi connectivity index (χ4n) is 1.22. The molecule has 0 radical (unpaired) electrons. The Bertz CT molecular complexity index is 492. The summed E-state index contributed by atoms with van der Waals surface area (Å²) in [5, 5.41) is 14.8. The average molecular weight is 287 g/mol. The zero-order chi connectivity index (χ0) is 10.8. The van der Waals surface area contributed by atoms with Crippen molar-refractivity contribution in [1.82, 2.24) is 9.78 Å². The first kappa shape index (κ1) is 10.4. The molecule has 0 saturated heterocycles. The Morgan fingerprint density at radius 1 is 1.67 bits per heavy atom. The van der Waals surface area contributed by atoms with E-state index < -0.39 is 5.97 Å². The van der Waals surface area contributed by atoms with E-state index in [1.807, 2.05) is 11.4 Å². The first-order valence-corrected chi connectivity index (χ1v) is 5.82. The molecule has 0 aromatic carbocycles. The summed E-state index contributed by atoms with van der Waals surface area (Å²) >= 11 is 4.92. The van der Waals surface area contributed by atoms with Crippen LogP contribution in [0.1, 0.15) is 15.4 Å². The quantitative estimate of drug-likeness (QED) is 0.943. The SMILES string of the molecule is O=C(O)c1ccnn1Cc1cc(Br)cs1. The number of hydrogen-bond acceptors (Lipinski definition) is 3. The molecule has 6 heteroatoms. The fraction of sp³-hybridized carbons (Fsp3) is 0.111. The Labute approximate surface area is 98.3 Å². The minimum Gasteiger partial charge on any atom is -0.477 e. The molecule has 0 aliphatic heterocycles. The van der Waals surface area contributed by atoms with Gasteiger partial charge in [-0.05, 0) is 28.1 Å². The van der Waals surface area contributed by atoms with Gasteiger partial charge >= 0.3 is 5.97 Å². The molecule has 0 aliphatic carbocycles. The summed E-state index contributed by atoms with van der Waals surface area (Å²) in [7, 11) is 0. The van der Waals surface area contributed by atoms with Gasteiger partial charge in [-0.3, -0.25) is 4.68 Å². The summed E-state index contributed by atoms with van der Waals surface area (Å²) in [5.74, 6) is -0.955. The van der Waals surface area contributed by atoms with Gasteiger partial charge in [0, 0.05) is 20.9 Å². The normalized spacial score (nSPS) is 10.5. The number of carboxylic acid groups (broad SMARTS) is 1. The third-order valence-corrected chi connectivity index (χ3v) is 3.55. The van der Waals surface area contributed by atoms with Crippen molar-refractivity contribution >= 4 is 33.2 Å². The summed E-state index contributed by atoms with van der Waals surface area (Å²) in [5.41, 5.74) is 0.208. The van der Waals surface area contributed by atoms with E-state index in [9.17, 15) is 4.79 Å². The molecule has 0 bridgehead atoms. The average Bonchev–Trinajstić information content (AvgIpc) is 2.75. The van der Waals surface area contributed by atoms with Crippen LogP contribution in [0.5, 0.6) is 0 Å². The lowest BCUT2D eigenvalue weighted by molar-refractivity contribution is 0.0684. The molecular weight excluding hydrogens is 280 g/mol. The van der Waals surface area contributed by atoms with Crippen LogP contribution >= 0.6 is 27.3 Å². The lowest BCUT2D eigenvalue weighted by atomic mass is 10.4. The molecule has 15 heavy (non-hydrogen) atoms. The molecule has 0 unspecified atom stereocenters. The highest BCUT2D eigenvalue weighted by Gasteiger charge is 2.10. The number of aromatic carboxylic acids is 1. The number of carbonyl (C=O) groups is 1. The molecule has 0 amide bonds. The second-order valence-electron chi connectivity index (χ2n) is 2.91. The maximum atomic E-state index is 10.8. The highest BCUT2D eigenvalue weighted by atomic mass is 79.9. The van der Waals surface area contributed by atoms with E-state index in [2.05, 4.69) is 21.0 Å². The fourth-order valence-corrected chi connectivity index (χ4v) is 2.66. The molecule has 0 aliphatic rings. The molecule has 2 heterocycles. The molecule has 0 fully saturated rings. The van der Waals surface area contributed by atoms with Gasteiger partial charge in [-0.2, -0.15) is 5.10 Å². The number of rotatable bonds is 3. The predicted octanol–water partition coefficient (Wildman–Crippen LogP) is 2.45. The number of nitrogens with zero attached hydrogens (tertiary/aromatic N) is 2. The number of carboxylic acids is 1. The third-order valence-electron chi connectivity index (χ3n) is 1.86. The zero-order valence-electron chi connectivity index (χ0n) is 7.55. The Hall–Kier alpha value is -1.14. The van der Waals surface area contributed by atoms with Gasteiger partial charge in [-0.25, -0.2) is 4.79 Å². The van der Waals surface area contributed by atoms with Crippen LogP contribution in [-0.4, -0.2) is 20.9 Å². The van der Waals surface area contributed by atoms with Crippen molar-refractivity contribution in [2.45, 2.75) is 6.54 Å². The second-order valence-corrected chi connectivity index (χ2v) is 4.82. The van der Waals surface area contributed by atoms with E-state index >= 15 is 0 Å². The number of halogens is 1. The van der Waals surface area contributed by atoms with E-state index in [1.54, 1.807) is 11.3 Å². The van der Waals surface area contributed by atoms with E-state index in [-0.39, 0.29) is 5.69 Å². The lowest BCUT2D eigenvalue weighted by Crippen LogP contribution is -2.09. The smallest absolute Gasteiger partial charge is 0.354 e. The van der Waals surface area contributed by atoms with E-state index in [1.165, 1.54) is 16.9 Å². The maximum Gasteiger partial charge on any atom is 0.354 e. The van der Waals surface area contributed by atoms with Gasteiger partial charge in [-0.15, -0.1) is 11.3 Å². The maximum absolute atomic E-state index is 10.8. The van der Waals surface area contributed by atoms with Crippen molar-refractivity contribution < 1.29 is 9.90 Å². The van der Waals surface area contributed by atoms with E-state index in [0.717, 1.165) is 9.35 Å². The van der Waals surface area contributed by atoms with Crippen LogP contribution in [0.4, 0.5) is 0 Å². The molecule has 1 N–H and O–H groups in total. The molecule has 0 spiro atoms. The minimum atomic E-state index is -0.955. The predicted molar refractivity (Wildman–Crippen MR) is 60.3 cm³/mol. The van der Waals surface area contributed by atoms with Gasteiger partial charge in [0.1, 0.15) is 5.69 Å². The van der Waals surface area contributed by atoms with Crippen molar-refractivity contribution in [1.29, 1.82) is 0 Å². The number of aromatic nitrogens is 2. The molecular formula is C9H7BrN2O2S. The van der Waals surface area contributed by atoms with Gasteiger partial charge in [0.15, 0.2) is 0 Å². The van der Waals surface area contributed by atoms with Crippen molar-refractivity contribution in [3.63, 3.8) is 0 Å². The molecule has 0 atom stereocenters. The summed E-state index contributed by atoms with van der Waals surface area (Å²) in [6.45, 7) is 0.491. The lowest BCUT2D eigenvalue weighted by Gasteiger charge is -2.01. The van der Waals surface area contributed by atoms with Crippen molar-refractivity contribution in [3.8, 4) is 0 Å². The Kier molecular flexibility index (Phi) is 2.88. The molecule has 2 aromatic heterocycles. The minimum absolute atomic E-state index is 0.208. The Balaban J connectivity index is 2.24. The topological polar surface area (TPSA) is 55.1 Å². The summed E-state index contributed by atoms with van der Waals surface area (Å²) in [6.07, 6.45) is 1.49. The highest BCUT2D eigenvalue weighted by molar-refractivity contribution is 9.10. The van der Waals surface area contributed by atoms with Crippen LogP contribution in [0.25, 0.3) is 0 Å². The standard InChI is InChI=1S/C9H7BrN2O2S/c10-6-3-7(15-5-6)4-12-8(9(13)14)1-2-11-12/h1-3,5H,4H2,(H,13,14). The molecule has 2 aromatic rings. The Morgan fingerprint density at radius 2 is 2.47 bits per heavy atom. The van der Waals surface area contributed by atoms with Gasteiger partial charge in [0.05, 0.1) is 6.54 Å². The van der Waals surface area contributed by atoms with Crippen LogP contribution in [0, 0.1) is 0 Å². The van der Waals surface area contributed by atoms with Gasteiger partial charge in [0.25, 0.3) is 0 Å². The van der Waals surface area contributed by atoms with Crippen LogP contribution in [-0.2, 0) is 6.54 Å². The third kappa shape index (κ3) is 2.27. The largest absolute Gasteiger partial charge is 0.477 e. The number of hydrogen-bond donors (Lipinski definition) is 1. The van der Waals surface area contributed by atoms with Gasteiger partial charge in [-0.1, -0.05) is 0 Å². The van der Waals surface area contributed by atoms with E-state index in [4.69, 9.17) is 5.11 Å². The van der Waals surface area contributed by atoms with E-state index in [0.29, 0.717) is 6.54 Å². The first-order chi connectivity index (χ1) is 7.16. The molecule has 4 nitrogen and oxygen atoms in total. The van der Waals surface area contributed by atoms with Crippen molar-refractivity contribution in [3.05, 3.63) is 38.8 Å². The monoisotopic (exact) mass is 286 g/mol. The van der Waals surface area contributed by atoms with Crippen LogP contribution in [0.3, 0.4) is 0 Å². The molecule has 78 valence electrons. The van der Waals surface area contributed by atoms with Crippen LogP contribution in [0.15, 0.2) is 28.2 Å². The van der Waals surface area contributed by atoms with Crippen molar-refractivity contribution in [2.24, 2.45) is 0 Å². The van der Waals surface area contributed by atoms with Gasteiger partial charge < -0.3 is 5.11 Å². The highest BCUT2D eigenvalue weighted by Crippen LogP contribution is 2.20. The second kappa shape index (κ2) is 4.16. The summed E-state index contributed by atoms with van der Waals surface area (Å²) in [4.78, 5) is 11.9. The first-order valence-electron chi connectivity index (χ1n) is 4.15. The van der Waals surface area contributed by atoms with Crippen molar-refractivity contribution in [2.75, 3.05) is 0 Å². The van der Waals surface area contributed by atoms with Gasteiger partial charge in [0.2, 0.25) is 0 Å². The van der Waals surface area contributed by atoms with Crippen LogP contribution < -0.4 is 0 Å². The molecule has 0 saturated carbocycles. The summed E-state index contributed by atoms with van der Waals surface area (Å²) < 4.78 is 2.48. The molecule has 2 rings (SSSR count).